The third-order valence-electron chi connectivity index (χ3n) is 2.97. The number of hydrogen-bond donors (Lipinski definition) is 0. The predicted octanol–water partition coefficient (Wildman–Crippen LogP) is 2.16. The number of alkyl halides is 1. The number of ether oxygens (including phenoxy) is 2. The van der Waals surface area contributed by atoms with Crippen LogP contribution in [0.1, 0.15) is 16.8 Å². The molecular weight excluding hydrogens is 254 g/mol. The Morgan fingerprint density at radius 1 is 1.56 bits per heavy atom. The zero-order chi connectivity index (χ0) is 13.1. The quantitative estimate of drug-likeness (QED) is 0.790. The van der Waals surface area contributed by atoms with Crippen LogP contribution in [0.4, 0.5) is 0 Å². The minimum Gasteiger partial charge on any atom is -0.497 e. The van der Waals surface area contributed by atoms with Crippen LogP contribution < -0.4 is 9.47 Å². The molecule has 2 rings (SSSR count). The standard InChI is InChI=1S/C13H16ClNO3/c1-15-8-10(5-6-14)18-12-4-3-9(17-2)7-11(12)13(15)16/h3-4,7,10H,5-6,8H2,1-2H3. The zero-order valence-electron chi connectivity index (χ0n) is 10.5. The molecule has 1 atom stereocenters. The molecule has 0 radical (unpaired) electrons. The molecule has 98 valence electrons. The molecule has 1 unspecified atom stereocenters. The zero-order valence-corrected chi connectivity index (χ0v) is 11.2. The summed E-state index contributed by atoms with van der Waals surface area (Å²) in [6.07, 6.45) is 0.649. The van der Waals surface area contributed by atoms with E-state index < -0.39 is 0 Å². The van der Waals surface area contributed by atoms with E-state index in [1.54, 1.807) is 37.3 Å². The van der Waals surface area contributed by atoms with Crippen molar-refractivity contribution >= 4 is 17.5 Å². The number of benzene rings is 1. The first-order chi connectivity index (χ1) is 8.65. The number of fused-ring (bicyclic) bond motifs is 1. The van der Waals surface area contributed by atoms with Crippen molar-refractivity contribution < 1.29 is 14.3 Å². The van der Waals surface area contributed by atoms with Gasteiger partial charge in [-0.25, -0.2) is 0 Å². The lowest BCUT2D eigenvalue weighted by atomic mass is 10.1. The Kier molecular flexibility index (Phi) is 3.97. The Bertz CT molecular complexity index is 450. The van der Waals surface area contributed by atoms with Crippen molar-refractivity contribution in [2.75, 3.05) is 26.6 Å². The maximum absolute atomic E-state index is 12.2. The molecule has 0 fully saturated rings. The van der Waals surface area contributed by atoms with Gasteiger partial charge in [0.25, 0.3) is 5.91 Å². The monoisotopic (exact) mass is 269 g/mol. The van der Waals surface area contributed by atoms with Gasteiger partial charge in [0.2, 0.25) is 0 Å². The maximum Gasteiger partial charge on any atom is 0.257 e. The topological polar surface area (TPSA) is 38.8 Å². The summed E-state index contributed by atoms with van der Waals surface area (Å²) in [5.74, 6) is 1.70. The van der Waals surface area contributed by atoms with Crippen molar-refractivity contribution in [1.29, 1.82) is 0 Å². The number of rotatable bonds is 3. The third-order valence-corrected chi connectivity index (χ3v) is 3.18. The van der Waals surface area contributed by atoms with Gasteiger partial charge in [-0.05, 0) is 24.6 Å². The minimum absolute atomic E-state index is 0.0547. The minimum atomic E-state index is -0.0638. The van der Waals surface area contributed by atoms with Gasteiger partial charge in [-0.2, -0.15) is 0 Å². The SMILES string of the molecule is COc1ccc2c(c1)C(=O)N(C)CC(CCCl)O2. The van der Waals surface area contributed by atoms with Gasteiger partial charge in [-0.3, -0.25) is 4.79 Å². The van der Waals surface area contributed by atoms with Crippen molar-refractivity contribution in [2.24, 2.45) is 0 Å². The van der Waals surface area contributed by atoms with E-state index in [0.29, 0.717) is 35.9 Å². The number of amides is 1. The molecule has 5 heteroatoms. The molecule has 1 heterocycles. The molecule has 0 aliphatic carbocycles. The van der Waals surface area contributed by atoms with Crippen molar-refractivity contribution in [1.82, 2.24) is 4.90 Å². The molecule has 1 aromatic rings. The summed E-state index contributed by atoms with van der Waals surface area (Å²) in [7, 11) is 3.34. The van der Waals surface area contributed by atoms with Gasteiger partial charge in [0.15, 0.2) is 0 Å². The fourth-order valence-electron chi connectivity index (χ4n) is 1.99. The Labute approximate surface area is 111 Å². The summed E-state index contributed by atoms with van der Waals surface area (Å²) in [4.78, 5) is 13.9. The highest BCUT2D eigenvalue weighted by Gasteiger charge is 2.26. The van der Waals surface area contributed by atoms with Gasteiger partial charge in [0.1, 0.15) is 17.6 Å². The normalized spacial score (nSPS) is 18.9. The first kappa shape index (κ1) is 13.0. The van der Waals surface area contributed by atoms with Crippen LogP contribution in [-0.2, 0) is 0 Å². The van der Waals surface area contributed by atoms with E-state index in [1.807, 2.05) is 0 Å². The number of nitrogens with zero attached hydrogens (tertiary/aromatic N) is 1. The van der Waals surface area contributed by atoms with Crippen LogP contribution in [0.5, 0.6) is 11.5 Å². The fraction of sp³-hybridized carbons (Fsp3) is 0.462. The molecule has 0 N–H and O–H groups in total. The summed E-state index contributed by atoms with van der Waals surface area (Å²) < 4.78 is 11.0. The first-order valence-corrected chi connectivity index (χ1v) is 6.35. The van der Waals surface area contributed by atoms with Crippen LogP contribution in [0.3, 0.4) is 0 Å². The molecule has 4 nitrogen and oxygen atoms in total. The molecule has 0 saturated heterocycles. The van der Waals surface area contributed by atoms with Gasteiger partial charge in [0.05, 0.1) is 19.2 Å². The Morgan fingerprint density at radius 2 is 2.33 bits per heavy atom. The van der Waals surface area contributed by atoms with E-state index >= 15 is 0 Å². The van der Waals surface area contributed by atoms with E-state index in [2.05, 4.69) is 0 Å². The number of carbonyl (C=O) groups is 1. The van der Waals surface area contributed by atoms with Gasteiger partial charge >= 0.3 is 0 Å². The number of likely N-dealkylation sites (N-methyl/N-ethyl adjacent to an activating group) is 1. The van der Waals surface area contributed by atoms with Crippen molar-refractivity contribution in [3.05, 3.63) is 23.8 Å². The Balaban J connectivity index is 2.36. The highest BCUT2D eigenvalue weighted by atomic mass is 35.5. The second-order valence-electron chi connectivity index (χ2n) is 4.27. The number of methoxy groups -OCH3 is 1. The number of halogens is 1. The summed E-state index contributed by atoms with van der Waals surface area (Å²) in [5.41, 5.74) is 0.536. The summed E-state index contributed by atoms with van der Waals surface area (Å²) in [6.45, 7) is 0.544. The number of hydrogen-bond acceptors (Lipinski definition) is 3. The summed E-state index contributed by atoms with van der Waals surface area (Å²) >= 11 is 5.74. The third kappa shape index (κ3) is 2.53. The Hall–Kier alpha value is -1.42. The molecule has 1 aliphatic heterocycles. The highest BCUT2D eigenvalue weighted by Crippen LogP contribution is 2.29. The van der Waals surface area contributed by atoms with Crippen LogP contribution in [0.25, 0.3) is 0 Å². The average molecular weight is 270 g/mol. The van der Waals surface area contributed by atoms with E-state index in [9.17, 15) is 4.79 Å². The smallest absolute Gasteiger partial charge is 0.257 e. The van der Waals surface area contributed by atoms with Crippen LogP contribution in [0, 0.1) is 0 Å². The van der Waals surface area contributed by atoms with Crippen LogP contribution in [0.15, 0.2) is 18.2 Å². The molecule has 1 amide bonds. The van der Waals surface area contributed by atoms with E-state index in [4.69, 9.17) is 21.1 Å². The van der Waals surface area contributed by atoms with E-state index in [-0.39, 0.29) is 12.0 Å². The predicted molar refractivity (Wildman–Crippen MR) is 69.7 cm³/mol. The lowest BCUT2D eigenvalue weighted by Gasteiger charge is -2.19. The second kappa shape index (κ2) is 5.48. The molecular formula is C13H16ClNO3. The molecule has 1 aliphatic rings. The number of carbonyl (C=O) groups excluding carboxylic acids is 1. The van der Waals surface area contributed by atoms with Crippen molar-refractivity contribution in [3.8, 4) is 11.5 Å². The average Bonchev–Trinajstić information content (AvgIpc) is 2.48. The molecule has 1 aromatic carbocycles. The van der Waals surface area contributed by atoms with Crippen LogP contribution >= 0.6 is 11.6 Å². The lowest BCUT2D eigenvalue weighted by molar-refractivity contribution is 0.0759. The molecule has 0 aromatic heterocycles. The van der Waals surface area contributed by atoms with Crippen molar-refractivity contribution in [3.63, 3.8) is 0 Å². The largest absolute Gasteiger partial charge is 0.497 e. The summed E-state index contributed by atoms with van der Waals surface area (Å²) in [5, 5.41) is 0. The second-order valence-corrected chi connectivity index (χ2v) is 4.64. The fourth-order valence-corrected chi connectivity index (χ4v) is 2.23. The molecule has 0 saturated carbocycles. The first-order valence-electron chi connectivity index (χ1n) is 5.82. The van der Waals surface area contributed by atoms with Gasteiger partial charge < -0.3 is 14.4 Å². The molecule has 0 spiro atoms. The van der Waals surface area contributed by atoms with Gasteiger partial charge in [0, 0.05) is 12.9 Å². The van der Waals surface area contributed by atoms with Crippen LogP contribution in [-0.4, -0.2) is 43.5 Å². The lowest BCUT2D eigenvalue weighted by Crippen LogP contribution is -2.34. The highest BCUT2D eigenvalue weighted by molar-refractivity contribution is 6.17. The van der Waals surface area contributed by atoms with E-state index in [0.717, 1.165) is 0 Å². The molecule has 0 bridgehead atoms. The maximum atomic E-state index is 12.2. The van der Waals surface area contributed by atoms with Crippen LogP contribution in [0.2, 0.25) is 0 Å². The van der Waals surface area contributed by atoms with E-state index in [1.165, 1.54) is 0 Å². The van der Waals surface area contributed by atoms with Gasteiger partial charge in [-0.1, -0.05) is 0 Å². The van der Waals surface area contributed by atoms with Gasteiger partial charge in [-0.15, -0.1) is 11.6 Å². The summed E-state index contributed by atoms with van der Waals surface area (Å²) in [6, 6.07) is 5.26. The van der Waals surface area contributed by atoms with Crippen molar-refractivity contribution in [2.45, 2.75) is 12.5 Å². The Morgan fingerprint density at radius 3 is 3.00 bits per heavy atom. The molecule has 18 heavy (non-hydrogen) atoms.